The highest BCUT2D eigenvalue weighted by molar-refractivity contribution is 6.00. The van der Waals surface area contributed by atoms with Crippen molar-refractivity contribution in [1.82, 2.24) is 4.90 Å². The Morgan fingerprint density at radius 3 is 2.44 bits per heavy atom. The average molecular weight is 370 g/mol. The van der Waals surface area contributed by atoms with E-state index in [1.54, 1.807) is 25.5 Å². The molecule has 0 atom stereocenters. The monoisotopic (exact) mass is 370 g/mol. The SMILES string of the molecule is COc1ccc(C=Nc2cc(F)c(N3CCN(C)CC3)cc2C(N)=O)cc1. The fourth-order valence-electron chi connectivity index (χ4n) is 2.98. The summed E-state index contributed by atoms with van der Waals surface area (Å²) in [6, 6.07) is 10.0. The average Bonchev–Trinajstić information content (AvgIpc) is 2.67. The number of likely N-dealkylation sites (N-methyl/N-ethyl adjacent to an activating group) is 1. The number of primary amides is 1. The van der Waals surface area contributed by atoms with E-state index < -0.39 is 11.7 Å². The third kappa shape index (κ3) is 4.43. The van der Waals surface area contributed by atoms with Gasteiger partial charge in [0.15, 0.2) is 0 Å². The van der Waals surface area contributed by atoms with Crippen molar-refractivity contribution in [1.29, 1.82) is 0 Å². The smallest absolute Gasteiger partial charge is 0.250 e. The fourth-order valence-corrected chi connectivity index (χ4v) is 2.98. The Morgan fingerprint density at radius 1 is 1.19 bits per heavy atom. The summed E-state index contributed by atoms with van der Waals surface area (Å²) in [6.45, 7) is 3.06. The number of methoxy groups -OCH3 is 1. The molecule has 1 aliphatic heterocycles. The first-order chi connectivity index (χ1) is 13.0. The molecule has 142 valence electrons. The summed E-state index contributed by atoms with van der Waals surface area (Å²) in [4.78, 5) is 20.3. The number of carbonyl (C=O) groups excluding carboxylic acids is 1. The van der Waals surface area contributed by atoms with Crippen LogP contribution in [0.2, 0.25) is 0 Å². The predicted molar refractivity (Wildman–Crippen MR) is 105 cm³/mol. The van der Waals surface area contributed by atoms with E-state index in [2.05, 4.69) is 9.89 Å². The van der Waals surface area contributed by atoms with Gasteiger partial charge in [0.2, 0.25) is 0 Å². The van der Waals surface area contributed by atoms with Crippen LogP contribution in [0.25, 0.3) is 0 Å². The van der Waals surface area contributed by atoms with Crippen LogP contribution in [0.1, 0.15) is 15.9 Å². The first-order valence-corrected chi connectivity index (χ1v) is 8.73. The topological polar surface area (TPSA) is 71.2 Å². The van der Waals surface area contributed by atoms with Crippen molar-refractivity contribution in [2.24, 2.45) is 10.7 Å². The summed E-state index contributed by atoms with van der Waals surface area (Å²) in [5, 5.41) is 0. The van der Waals surface area contributed by atoms with Gasteiger partial charge in [-0.05, 0) is 42.9 Å². The van der Waals surface area contributed by atoms with Gasteiger partial charge in [-0.15, -0.1) is 0 Å². The van der Waals surface area contributed by atoms with Gasteiger partial charge in [0.25, 0.3) is 5.91 Å². The first kappa shape index (κ1) is 18.8. The molecular formula is C20H23FN4O2. The Kier molecular flexibility index (Phi) is 5.71. The molecule has 27 heavy (non-hydrogen) atoms. The van der Waals surface area contributed by atoms with Crippen molar-refractivity contribution >= 4 is 23.5 Å². The van der Waals surface area contributed by atoms with E-state index >= 15 is 0 Å². The zero-order valence-corrected chi connectivity index (χ0v) is 15.5. The normalized spacial score (nSPS) is 15.3. The van der Waals surface area contributed by atoms with Crippen LogP contribution in [0.5, 0.6) is 5.75 Å². The molecule has 0 unspecified atom stereocenters. The molecule has 1 saturated heterocycles. The number of carbonyl (C=O) groups is 1. The number of ether oxygens (including phenoxy) is 1. The fraction of sp³-hybridized carbons (Fsp3) is 0.300. The second-order valence-electron chi connectivity index (χ2n) is 6.51. The van der Waals surface area contributed by atoms with E-state index in [4.69, 9.17) is 10.5 Å². The Balaban J connectivity index is 1.89. The highest BCUT2D eigenvalue weighted by Gasteiger charge is 2.20. The van der Waals surface area contributed by atoms with E-state index in [1.165, 1.54) is 12.1 Å². The molecular weight excluding hydrogens is 347 g/mol. The van der Waals surface area contributed by atoms with E-state index in [0.717, 1.165) is 24.4 Å². The molecule has 0 aromatic heterocycles. The molecule has 3 rings (SSSR count). The van der Waals surface area contributed by atoms with E-state index in [1.807, 2.05) is 24.1 Å². The number of nitrogens with two attached hydrogens (primary N) is 1. The lowest BCUT2D eigenvalue weighted by Crippen LogP contribution is -2.44. The van der Waals surface area contributed by atoms with Gasteiger partial charge < -0.3 is 20.3 Å². The Hall–Kier alpha value is -2.93. The molecule has 6 nitrogen and oxygen atoms in total. The lowest BCUT2D eigenvalue weighted by molar-refractivity contribution is 0.100. The zero-order valence-electron chi connectivity index (χ0n) is 15.5. The minimum absolute atomic E-state index is 0.204. The number of anilines is 1. The number of benzene rings is 2. The molecule has 1 aliphatic rings. The van der Waals surface area contributed by atoms with Gasteiger partial charge in [0.1, 0.15) is 11.6 Å². The van der Waals surface area contributed by atoms with Gasteiger partial charge in [0, 0.05) is 38.5 Å². The first-order valence-electron chi connectivity index (χ1n) is 8.73. The number of aliphatic imine (C=N–C) groups is 1. The molecule has 1 fully saturated rings. The van der Waals surface area contributed by atoms with Crippen molar-refractivity contribution in [3.63, 3.8) is 0 Å². The minimum Gasteiger partial charge on any atom is -0.497 e. The van der Waals surface area contributed by atoms with Crippen LogP contribution >= 0.6 is 0 Å². The Bertz CT molecular complexity index is 844. The molecule has 0 spiro atoms. The predicted octanol–water partition coefficient (Wildman–Crippen LogP) is 2.44. The molecule has 0 aliphatic carbocycles. The second kappa shape index (κ2) is 8.18. The lowest BCUT2D eigenvalue weighted by Gasteiger charge is -2.34. The summed E-state index contributed by atoms with van der Waals surface area (Å²) < 4.78 is 19.8. The molecule has 0 saturated carbocycles. The number of nitrogens with zero attached hydrogens (tertiary/aromatic N) is 3. The standard InChI is InChI=1S/C20H23FN4O2/c1-24-7-9-25(10-8-24)19-11-16(20(22)26)18(12-17(19)21)23-13-14-3-5-15(27-2)6-4-14/h3-6,11-13H,7-10H2,1-2H3,(H2,22,26). The van der Waals surface area contributed by atoms with Gasteiger partial charge in [-0.3, -0.25) is 9.79 Å². The van der Waals surface area contributed by atoms with Gasteiger partial charge in [-0.2, -0.15) is 0 Å². The lowest BCUT2D eigenvalue weighted by atomic mass is 10.1. The minimum atomic E-state index is -0.632. The Labute approximate surface area is 158 Å². The number of halogens is 1. The molecule has 0 radical (unpaired) electrons. The van der Waals surface area contributed by atoms with Crippen LogP contribution in [0.3, 0.4) is 0 Å². The van der Waals surface area contributed by atoms with Crippen LogP contribution < -0.4 is 15.4 Å². The van der Waals surface area contributed by atoms with E-state index in [-0.39, 0.29) is 11.3 Å². The number of hydrogen-bond acceptors (Lipinski definition) is 5. The third-order valence-electron chi connectivity index (χ3n) is 4.64. The van der Waals surface area contributed by atoms with Gasteiger partial charge in [0.05, 0.1) is 24.0 Å². The maximum atomic E-state index is 14.7. The summed E-state index contributed by atoms with van der Waals surface area (Å²) in [6.07, 6.45) is 1.57. The Morgan fingerprint density at radius 2 is 1.85 bits per heavy atom. The third-order valence-corrected chi connectivity index (χ3v) is 4.64. The summed E-state index contributed by atoms with van der Waals surface area (Å²) in [5.41, 5.74) is 7.12. The highest BCUT2D eigenvalue weighted by Crippen LogP contribution is 2.29. The molecule has 2 aromatic rings. The van der Waals surface area contributed by atoms with Gasteiger partial charge in [-0.1, -0.05) is 0 Å². The molecule has 7 heteroatoms. The van der Waals surface area contributed by atoms with E-state index in [0.29, 0.717) is 18.8 Å². The van der Waals surface area contributed by atoms with Crippen molar-refractivity contribution in [2.45, 2.75) is 0 Å². The maximum absolute atomic E-state index is 14.7. The summed E-state index contributed by atoms with van der Waals surface area (Å²) in [5.74, 6) is -0.314. The van der Waals surface area contributed by atoms with Crippen molar-refractivity contribution < 1.29 is 13.9 Å². The quantitative estimate of drug-likeness (QED) is 0.821. The van der Waals surface area contributed by atoms with Crippen LogP contribution in [0.15, 0.2) is 41.4 Å². The number of piperazine rings is 1. The van der Waals surface area contributed by atoms with Crippen molar-refractivity contribution in [3.05, 3.63) is 53.3 Å². The summed E-state index contributed by atoms with van der Waals surface area (Å²) in [7, 11) is 3.62. The largest absolute Gasteiger partial charge is 0.497 e. The zero-order chi connectivity index (χ0) is 19.4. The van der Waals surface area contributed by atoms with Crippen molar-refractivity contribution in [3.8, 4) is 5.75 Å². The van der Waals surface area contributed by atoms with Crippen molar-refractivity contribution in [2.75, 3.05) is 45.2 Å². The maximum Gasteiger partial charge on any atom is 0.250 e. The highest BCUT2D eigenvalue weighted by atomic mass is 19.1. The summed E-state index contributed by atoms with van der Waals surface area (Å²) >= 11 is 0. The van der Waals surface area contributed by atoms with Crippen LogP contribution in [-0.4, -0.2) is 57.4 Å². The van der Waals surface area contributed by atoms with Crippen LogP contribution in [0.4, 0.5) is 15.8 Å². The number of amides is 1. The van der Waals surface area contributed by atoms with Crippen LogP contribution in [0, 0.1) is 5.82 Å². The molecule has 1 amide bonds. The molecule has 2 aromatic carbocycles. The van der Waals surface area contributed by atoms with Gasteiger partial charge >= 0.3 is 0 Å². The number of rotatable bonds is 5. The molecule has 0 bridgehead atoms. The number of hydrogen-bond donors (Lipinski definition) is 1. The van der Waals surface area contributed by atoms with Gasteiger partial charge in [-0.25, -0.2) is 4.39 Å². The van der Waals surface area contributed by atoms with Crippen LogP contribution in [-0.2, 0) is 0 Å². The van der Waals surface area contributed by atoms with E-state index in [9.17, 15) is 9.18 Å². The second-order valence-corrected chi connectivity index (χ2v) is 6.51. The molecule has 2 N–H and O–H groups in total. The molecule has 1 heterocycles.